The smallest absolute Gasteiger partial charge is 0.254 e. The monoisotopic (exact) mass is 445 g/mol. The number of likely N-dealkylation sites (N-methyl/N-ethyl adjacent to an activating group) is 1. The molecule has 0 unspecified atom stereocenters. The minimum Gasteiger partial charge on any atom is -0.492 e. The van der Waals surface area contributed by atoms with Crippen LogP contribution >= 0.6 is 11.8 Å². The van der Waals surface area contributed by atoms with E-state index in [2.05, 4.69) is 15.5 Å². The summed E-state index contributed by atoms with van der Waals surface area (Å²) in [6.45, 7) is 0.909. The number of hydrogen-bond acceptors (Lipinski definition) is 6. The number of amides is 1. The Kier molecular flexibility index (Phi) is 7.14. The number of hydrogen-bond donors (Lipinski definition) is 0. The lowest BCUT2D eigenvalue weighted by Gasteiger charge is -2.19. The van der Waals surface area contributed by atoms with Crippen LogP contribution in [0, 0.1) is 0 Å². The van der Waals surface area contributed by atoms with Gasteiger partial charge in [-0.3, -0.25) is 4.79 Å². The standard InChI is InChI=1S/C24H23N5O2S/c1-28(16-17-31-20-12-6-3-7-13-20)24(30)21-14-8-9-15-22(21)32-18-23-25-26-27-29(23)19-10-4-2-5-11-19/h2-15H,16-18H2,1H3. The van der Waals surface area contributed by atoms with E-state index in [0.717, 1.165) is 16.3 Å². The number of para-hydroxylation sites is 2. The van der Waals surface area contributed by atoms with E-state index in [9.17, 15) is 4.79 Å². The Bertz CT molecular complexity index is 1150. The Morgan fingerprint density at radius 2 is 1.66 bits per heavy atom. The highest BCUT2D eigenvalue weighted by Gasteiger charge is 2.17. The van der Waals surface area contributed by atoms with Crippen molar-refractivity contribution in [3.63, 3.8) is 0 Å². The van der Waals surface area contributed by atoms with Gasteiger partial charge in [0.05, 0.1) is 23.5 Å². The van der Waals surface area contributed by atoms with Gasteiger partial charge in [-0.1, -0.05) is 48.5 Å². The van der Waals surface area contributed by atoms with Gasteiger partial charge in [0.1, 0.15) is 12.4 Å². The highest BCUT2D eigenvalue weighted by atomic mass is 32.2. The molecule has 0 aliphatic rings. The number of nitrogens with zero attached hydrogens (tertiary/aromatic N) is 5. The summed E-state index contributed by atoms with van der Waals surface area (Å²) < 4.78 is 7.43. The van der Waals surface area contributed by atoms with E-state index in [-0.39, 0.29) is 5.91 Å². The van der Waals surface area contributed by atoms with E-state index in [4.69, 9.17) is 4.74 Å². The maximum atomic E-state index is 13.1. The third-order valence-corrected chi connectivity index (χ3v) is 5.86. The summed E-state index contributed by atoms with van der Waals surface area (Å²) in [5.74, 6) is 1.99. The fourth-order valence-corrected chi connectivity index (χ4v) is 4.05. The van der Waals surface area contributed by atoms with Crippen LogP contribution in [0.3, 0.4) is 0 Å². The first-order valence-electron chi connectivity index (χ1n) is 10.2. The fourth-order valence-electron chi connectivity index (χ4n) is 3.10. The Hall–Kier alpha value is -3.65. The SMILES string of the molecule is CN(CCOc1ccccc1)C(=O)c1ccccc1SCc1nnnn1-c1ccccc1. The summed E-state index contributed by atoms with van der Waals surface area (Å²) in [6, 6.07) is 26.9. The van der Waals surface area contributed by atoms with Gasteiger partial charge in [0, 0.05) is 11.9 Å². The molecule has 0 aliphatic carbocycles. The molecule has 0 aliphatic heterocycles. The molecule has 3 aromatic carbocycles. The molecule has 0 fully saturated rings. The molecule has 0 radical (unpaired) electrons. The van der Waals surface area contributed by atoms with Crippen LogP contribution in [-0.2, 0) is 5.75 Å². The molecule has 32 heavy (non-hydrogen) atoms. The van der Waals surface area contributed by atoms with Gasteiger partial charge < -0.3 is 9.64 Å². The van der Waals surface area contributed by atoms with Gasteiger partial charge in [-0.05, 0) is 46.8 Å². The lowest BCUT2D eigenvalue weighted by Crippen LogP contribution is -2.31. The molecule has 1 aromatic heterocycles. The van der Waals surface area contributed by atoms with Gasteiger partial charge in [-0.15, -0.1) is 16.9 Å². The van der Waals surface area contributed by atoms with Crippen LogP contribution < -0.4 is 4.74 Å². The van der Waals surface area contributed by atoms with Crippen molar-refractivity contribution in [2.24, 2.45) is 0 Å². The van der Waals surface area contributed by atoms with E-state index in [1.54, 1.807) is 16.6 Å². The molecule has 0 saturated heterocycles. The molecule has 1 amide bonds. The topological polar surface area (TPSA) is 73.1 Å². The van der Waals surface area contributed by atoms with Crippen molar-refractivity contribution < 1.29 is 9.53 Å². The molecule has 0 bridgehead atoms. The first kappa shape index (κ1) is 21.6. The van der Waals surface area contributed by atoms with Crippen LogP contribution in [0.25, 0.3) is 5.69 Å². The normalized spacial score (nSPS) is 10.7. The van der Waals surface area contributed by atoms with E-state index in [1.807, 2.05) is 84.9 Å². The highest BCUT2D eigenvalue weighted by Crippen LogP contribution is 2.27. The maximum absolute atomic E-state index is 13.1. The number of ether oxygens (including phenoxy) is 1. The molecule has 4 rings (SSSR count). The zero-order chi connectivity index (χ0) is 22.2. The van der Waals surface area contributed by atoms with Crippen molar-refractivity contribution in [2.45, 2.75) is 10.6 Å². The van der Waals surface area contributed by atoms with Crippen molar-refractivity contribution in [1.29, 1.82) is 0 Å². The average Bonchev–Trinajstić information content (AvgIpc) is 3.32. The molecule has 1 heterocycles. The number of aromatic nitrogens is 4. The Balaban J connectivity index is 1.40. The zero-order valence-electron chi connectivity index (χ0n) is 17.7. The van der Waals surface area contributed by atoms with Gasteiger partial charge in [0.25, 0.3) is 5.91 Å². The predicted octanol–water partition coefficient (Wildman–Crippen LogP) is 4.11. The average molecular weight is 446 g/mol. The Morgan fingerprint density at radius 3 is 2.44 bits per heavy atom. The number of carbonyl (C=O) groups is 1. The summed E-state index contributed by atoms with van der Waals surface area (Å²) >= 11 is 1.54. The van der Waals surface area contributed by atoms with Gasteiger partial charge in [0.2, 0.25) is 0 Å². The number of benzene rings is 3. The quantitative estimate of drug-likeness (QED) is 0.361. The molecule has 162 valence electrons. The summed E-state index contributed by atoms with van der Waals surface area (Å²) in [4.78, 5) is 15.6. The predicted molar refractivity (Wildman–Crippen MR) is 124 cm³/mol. The lowest BCUT2D eigenvalue weighted by atomic mass is 10.2. The summed E-state index contributed by atoms with van der Waals surface area (Å²) in [5.41, 5.74) is 1.55. The van der Waals surface area contributed by atoms with Crippen LogP contribution in [0.2, 0.25) is 0 Å². The minimum atomic E-state index is -0.0487. The van der Waals surface area contributed by atoms with Gasteiger partial charge in [-0.25, -0.2) is 0 Å². The molecule has 7 nitrogen and oxygen atoms in total. The lowest BCUT2D eigenvalue weighted by molar-refractivity contribution is 0.0770. The highest BCUT2D eigenvalue weighted by molar-refractivity contribution is 7.98. The molecule has 8 heteroatoms. The van der Waals surface area contributed by atoms with Gasteiger partial charge >= 0.3 is 0 Å². The van der Waals surface area contributed by atoms with Crippen LogP contribution in [0.1, 0.15) is 16.2 Å². The maximum Gasteiger partial charge on any atom is 0.254 e. The van der Waals surface area contributed by atoms with E-state index < -0.39 is 0 Å². The van der Waals surface area contributed by atoms with E-state index in [1.165, 1.54) is 11.8 Å². The van der Waals surface area contributed by atoms with Crippen LogP contribution in [-0.4, -0.2) is 51.2 Å². The van der Waals surface area contributed by atoms with E-state index >= 15 is 0 Å². The van der Waals surface area contributed by atoms with E-state index in [0.29, 0.717) is 30.3 Å². The number of tetrazole rings is 1. The third-order valence-electron chi connectivity index (χ3n) is 4.79. The molecule has 0 saturated carbocycles. The van der Waals surface area contributed by atoms with Crippen molar-refractivity contribution in [3.05, 3.63) is 96.3 Å². The van der Waals surface area contributed by atoms with Gasteiger partial charge in [0.15, 0.2) is 5.82 Å². The molecule has 0 spiro atoms. The molecule has 0 N–H and O–H groups in total. The number of carbonyl (C=O) groups excluding carboxylic acids is 1. The Labute approximate surface area is 191 Å². The second-order valence-corrected chi connectivity index (χ2v) is 8.03. The zero-order valence-corrected chi connectivity index (χ0v) is 18.5. The molecule has 4 aromatic rings. The Morgan fingerprint density at radius 1 is 0.969 bits per heavy atom. The largest absolute Gasteiger partial charge is 0.492 e. The minimum absolute atomic E-state index is 0.0487. The van der Waals surface area contributed by atoms with Crippen molar-refractivity contribution in [3.8, 4) is 11.4 Å². The molecular weight excluding hydrogens is 422 g/mol. The van der Waals surface area contributed by atoms with Crippen LogP contribution in [0.4, 0.5) is 0 Å². The third kappa shape index (κ3) is 5.33. The second-order valence-electron chi connectivity index (χ2n) is 7.02. The summed E-state index contributed by atoms with van der Waals surface area (Å²) in [7, 11) is 1.79. The van der Waals surface area contributed by atoms with Crippen LogP contribution in [0.15, 0.2) is 89.8 Å². The summed E-state index contributed by atoms with van der Waals surface area (Å²) in [5, 5.41) is 12.1. The summed E-state index contributed by atoms with van der Waals surface area (Å²) in [6.07, 6.45) is 0. The first-order valence-corrected chi connectivity index (χ1v) is 11.2. The van der Waals surface area contributed by atoms with Crippen molar-refractivity contribution >= 4 is 17.7 Å². The second kappa shape index (κ2) is 10.6. The number of thioether (sulfide) groups is 1. The van der Waals surface area contributed by atoms with Crippen molar-refractivity contribution in [2.75, 3.05) is 20.2 Å². The molecule has 0 atom stereocenters. The van der Waals surface area contributed by atoms with Crippen LogP contribution in [0.5, 0.6) is 5.75 Å². The first-order chi connectivity index (χ1) is 15.7. The van der Waals surface area contributed by atoms with Gasteiger partial charge in [-0.2, -0.15) is 4.68 Å². The molecular formula is C24H23N5O2S. The fraction of sp³-hybridized carbons (Fsp3) is 0.167. The number of rotatable bonds is 9. The van der Waals surface area contributed by atoms with Crippen molar-refractivity contribution in [1.82, 2.24) is 25.1 Å².